The van der Waals surface area contributed by atoms with Gasteiger partial charge in [0.2, 0.25) is 5.82 Å². The molecule has 0 amide bonds. The molecule has 0 radical (unpaired) electrons. The van der Waals surface area contributed by atoms with Crippen molar-refractivity contribution < 1.29 is 14.0 Å². The van der Waals surface area contributed by atoms with Crippen molar-refractivity contribution in [1.82, 2.24) is 15.1 Å². The topological polar surface area (TPSA) is 73.5 Å². The Morgan fingerprint density at radius 2 is 2.11 bits per heavy atom. The van der Waals surface area contributed by atoms with Crippen LogP contribution in [0.3, 0.4) is 0 Å². The van der Waals surface area contributed by atoms with Gasteiger partial charge in [0.25, 0.3) is 5.89 Å². The summed E-state index contributed by atoms with van der Waals surface area (Å²) in [6.45, 7) is 2.62. The molecule has 1 aliphatic rings. The van der Waals surface area contributed by atoms with Gasteiger partial charge in [-0.1, -0.05) is 28.9 Å². The molecule has 4 rings (SSSR count). The summed E-state index contributed by atoms with van der Waals surface area (Å²) in [4.78, 5) is 11.0. The van der Waals surface area contributed by atoms with Crippen LogP contribution in [0.15, 0.2) is 47.1 Å². The Labute approximate surface area is 161 Å². The molecule has 0 aliphatic carbocycles. The Morgan fingerprint density at radius 1 is 1.19 bits per heavy atom. The SMILES string of the molecule is CN(C[C@H]1COCCO1)c1ccc(-c2nc(-c3cccc(Cl)c3)no2)cn1. The van der Waals surface area contributed by atoms with E-state index >= 15 is 0 Å². The molecule has 0 N–H and O–H groups in total. The van der Waals surface area contributed by atoms with E-state index in [0.29, 0.717) is 43.1 Å². The number of pyridine rings is 1. The van der Waals surface area contributed by atoms with E-state index in [2.05, 4.69) is 15.1 Å². The molecule has 0 bridgehead atoms. The van der Waals surface area contributed by atoms with Crippen LogP contribution in [-0.4, -0.2) is 54.6 Å². The second kappa shape index (κ2) is 8.04. The van der Waals surface area contributed by atoms with Crippen LogP contribution in [-0.2, 0) is 9.47 Å². The third-order valence-electron chi connectivity index (χ3n) is 4.26. The lowest BCUT2D eigenvalue weighted by Crippen LogP contribution is -2.38. The number of halogens is 1. The number of hydrogen-bond donors (Lipinski definition) is 0. The fourth-order valence-corrected chi connectivity index (χ4v) is 3.06. The van der Waals surface area contributed by atoms with Crippen LogP contribution in [0, 0.1) is 0 Å². The van der Waals surface area contributed by atoms with Crippen LogP contribution in [0.25, 0.3) is 22.8 Å². The van der Waals surface area contributed by atoms with E-state index in [1.54, 1.807) is 18.3 Å². The van der Waals surface area contributed by atoms with Crippen LogP contribution in [0.2, 0.25) is 5.02 Å². The van der Waals surface area contributed by atoms with Gasteiger partial charge >= 0.3 is 0 Å². The lowest BCUT2D eigenvalue weighted by molar-refractivity contribution is -0.0837. The van der Waals surface area contributed by atoms with Gasteiger partial charge in [-0.15, -0.1) is 0 Å². The summed E-state index contributed by atoms with van der Waals surface area (Å²) in [5, 5.41) is 4.65. The van der Waals surface area contributed by atoms with E-state index in [-0.39, 0.29) is 6.10 Å². The van der Waals surface area contributed by atoms with Gasteiger partial charge in [-0.25, -0.2) is 4.98 Å². The first-order chi connectivity index (χ1) is 13.2. The number of likely N-dealkylation sites (N-methyl/N-ethyl adjacent to an activating group) is 1. The van der Waals surface area contributed by atoms with Crippen molar-refractivity contribution in [3.63, 3.8) is 0 Å². The van der Waals surface area contributed by atoms with Crippen LogP contribution in [0.4, 0.5) is 5.82 Å². The van der Waals surface area contributed by atoms with Crippen molar-refractivity contribution in [1.29, 1.82) is 0 Å². The van der Waals surface area contributed by atoms with Gasteiger partial charge in [-0.3, -0.25) is 0 Å². The summed E-state index contributed by atoms with van der Waals surface area (Å²) in [6, 6.07) is 11.2. The molecule has 8 heteroatoms. The Morgan fingerprint density at radius 3 is 2.85 bits per heavy atom. The molecule has 1 atom stereocenters. The van der Waals surface area contributed by atoms with E-state index in [1.807, 2.05) is 36.2 Å². The maximum absolute atomic E-state index is 6.02. The first-order valence-electron chi connectivity index (χ1n) is 8.65. The van der Waals surface area contributed by atoms with E-state index in [9.17, 15) is 0 Å². The maximum atomic E-state index is 6.02. The zero-order valence-corrected chi connectivity index (χ0v) is 15.6. The average molecular weight is 387 g/mol. The molecule has 3 aromatic rings. The zero-order valence-electron chi connectivity index (χ0n) is 14.8. The minimum Gasteiger partial charge on any atom is -0.376 e. The molecule has 1 fully saturated rings. The predicted molar refractivity (Wildman–Crippen MR) is 102 cm³/mol. The number of aromatic nitrogens is 3. The highest BCUT2D eigenvalue weighted by Crippen LogP contribution is 2.24. The molecule has 0 unspecified atom stereocenters. The highest BCUT2D eigenvalue weighted by Gasteiger charge is 2.18. The highest BCUT2D eigenvalue weighted by atomic mass is 35.5. The van der Waals surface area contributed by atoms with Crippen LogP contribution < -0.4 is 4.90 Å². The van der Waals surface area contributed by atoms with Gasteiger partial charge < -0.3 is 18.9 Å². The van der Waals surface area contributed by atoms with Crippen molar-refractivity contribution in [2.45, 2.75) is 6.10 Å². The number of hydrogen-bond acceptors (Lipinski definition) is 7. The van der Waals surface area contributed by atoms with Crippen molar-refractivity contribution >= 4 is 17.4 Å². The Hall–Kier alpha value is -2.48. The van der Waals surface area contributed by atoms with Crippen LogP contribution in [0.5, 0.6) is 0 Å². The normalized spacial score (nSPS) is 17.0. The molecule has 3 heterocycles. The maximum Gasteiger partial charge on any atom is 0.259 e. The molecular weight excluding hydrogens is 368 g/mol. The van der Waals surface area contributed by atoms with Gasteiger partial charge in [0.05, 0.1) is 31.5 Å². The molecule has 27 heavy (non-hydrogen) atoms. The van der Waals surface area contributed by atoms with Gasteiger partial charge in [0, 0.05) is 30.4 Å². The summed E-state index contributed by atoms with van der Waals surface area (Å²) < 4.78 is 16.5. The van der Waals surface area contributed by atoms with Gasteiger partial charge in [-0.2, -0.15) is 4.98 Å². The average Bonchev–Trinajstić information content (AvgIpc) is 3.19. The second-order valence-electron chi connectivity index (χ2n) is 6.29. The molecule has 140 valence electrons. The van der Waals surface area contributed by atoms with Crippen LogP contribution >= 0.6 is 11.6 Å². The quantitative estimate of drug-likeness (QED) is 0.666. The van der Waals surface area contributed by atoms with E-state index < -0.39 is 0 Å². The zero-order chi connectivity index (χ0) is 18.6. The molecule has 2 aromatic heterocycles. The minimum absolute atomic E-state index is 0.0569. The lowest BCUT2D eigenvalue weighted by atomic mass is 10.2. The Kier molecular flexibility index (Phi) is 5.33. The van der Waals surface area contributed by atoms with Crippen molar-refractivity contribution in [3.8, 4) is 22.8 Å². The van der Waals surface area contributed by atoms with E-state index in [1.165, 1.54) is 0 Å². The Balaban J connectivity index is 1.46. The molecular formula is C19H19ClN4O3. The van der Waals surface area contributed by atoms with Crippen LogP contribution in [0.1, 0.15) is 0 Å². The molecule has 0 saturated carbocycles. The Bertz CT molecular complexity index is 894. The fourth-order valence-electron chi connectivity index (χ4n) is 2.86. The van der Waals surface area contributed by atoms with Gasteiger partial charge in [-0.05, 0) is 24.3 Å². The summed E-state index contributed by atoms with van der Waals surface area (Å²) in [5.74, 6) is 1.74. The predicted octanol–water partition coefficient (Wildman–Crippen LogP) is 3.30. The largest absolute Gasteiger partial charge is 0.376 e. The third-order valence-corrected chi connectivity index (χ3v) is 4.49. The first kappa shape index (κ1) is 17.9. The minimum atomic E-state index is 0.0569. The molecule has 1 aromatic carbocycles. The third kappa shape index (κ3) is 4.27. The molecule has 1 saturated heterocycles. The van der Waals surface area contributed by atoms with E-state index in [4.69, 9.17) is 25.6 Å². The highest BCUT2D eigenvalue weighted by molar-refractivity contribution is 6.30. The van der Waals surface area contributed by atoms with Gasteiger partial charge in [0.15, 0.2) is 0 Å². The molecule has 1 aliphatic heterocycles. The number of rotatable bonds is 5. The number of nitrogens with zero attached hydrogens (tertiary/aromatic N) is 4. The molecule has 7 nitrogen and oxygen atoms in total. The summed E-state index contributed by atoms with van der Waals surface area (Å²) >= 11 is 6.02. The fraction of sp³-hybridized carbons (Fsp3) is 0.316. The summed E-state index contributed by atoms with van der Waals surface area (Å²) in [5.41, 5.74) is 1.56. The number of ether oxygens (including phenoxy) is 2. The first-order valence-corrected chi connectivity index (χ1v) is 9.03. The van der Waals surface area contributed by atoms with Crippen molar-refractivity contribution in [2.75, 3.05) is 38.3 Å². The molecule has 0 spiro atoms. The number of benzene rings is 1. The lowest BCUT2D eigenvalue weighted by Gasteiger charge is -2.28. The number of anilines is 1. The standard InChI is InChI=1S/C19H19ClN4O3/c1-24(11-16-12-25-7-8-26-16)17-6-5-14(10-21-17)19-22-18(23-27-19)13-3-2-4-15(20)9-13/h2-6,9-10,16H,7-8,11-12H2,1H3/t16-/m0/s1. The summed E-state index contributed by atoms with van der Waals surface area (Å²) in [7, 11) is 1.98. The monoisotopic (exact) mass is 386 g/mol. The van der Waals surface area contributed by atoms with Crippen molar-refractivity contribution in [2.24, 2.45) is 0 Å². The smallest absolute Gasteiger partial charge is 0.259 e. The summed E-state index contributed by atoms with van der Waals surface area (Å²) in [6.07, 6.45) is 1.78. The van der Waals surface area contributed by atoms with Gasteiger partial charge in [0.1, 0.15) is 5.82 Å². The van der Waals surface area contributed by atoms with Crippen molar-refractivity contribution in [3.05, 3.63) is 47.6 Å². The second-order valence-corrected chi connectivity index (χ2v) is 6.72. The van der Waals surface area contributed by atoms with E-state index in [0.717, 1.165) is 16.9 Å².